The van der Waals surface area contributed by atoms with Crippen molar-refractivity contribution < 1.29 is 0 Å². The second-order valence-corrected chi connectivity index (χ2v) is 2.94. The fourth-order valence-electron chi connectivity index (χ4n) is 1.20. The molecule has 0 atom stereocenters. The molecular formula is C10H10N4. The molecule has 0 aliphatic heterocycles. The van der Waals surface area contributed by atoms with E-state index in [1.54, 1.807) is 24.5 Å². The largest absolute Gasteiger partial charge is 0.384 e. The zero-order chi connectivity index (χ0) is 9.97. The summed E-state index contributed by atoms with van der Waals surface area (Å²) in [5.74, 6) is 1.01. The highest BCUT2D eigenvalue weighted by atomic mass is 14.8. The molecule has 2 aromatic rings. The lowest BCUT2D eigenvalue weighted by Crippen LogP contribution is -1.91. The Balaban J connectivity index is 2.44. The minimum Gasteiger partial charge on any atom is -0.384 e. The standard InChI is InChI=1S/C10H10N4/c11-9-2-1-8(6-14-9)7-3-4-13-10(12)5-7/h1-6H,(H2,11,14)(H2,12,13). The number of hydrogen-bond acceptors (Lipinski definition) is 4. The number of pyridine rings is 2. The molecular weight excluding hydrogens is 176 g/mol. The molecule has 0 saturated heterocycles. The highest BCUT2D eigenvalue weighted by molar-refractivity contribution is 5.65. The van der Waals surface area contributed by atoms with E-state index in [9.17, 15) is 0 Å². The van der Waals surface area contributed by atoms with Crippen LogP contribution in [0.4, 0.5) is 11.6 Å². The van der Waals surface area contributed by atoms with Gasteiger partial charge in [0, 0.05) is 18.0 Å². The monoisotopic (exact) mass is 186 g/mol. The lowest BCUT2D eigenvalue weighted by Gasteiger charge is -2.01. The van der Waals surface area contributed by atoms with Gasteiger partial charge >= 0.3 is 0 Å². The summed E-state index contributed by atoms with van der Waals surface area (Å²) in [6.07, 6.45) is 3.38. The summed E-state index contributed by atoms with van der Waals surface area (Å²) in [7, 11) is 0. The Bertz CT molecular complexity index is 436. The lowest BCUT2D eigenvalue weighted by atomic mass is 10.1. The van der Waals surface area contributed by atoms with Crippen molar-refractivity contribution >= 4 is 11.6 Å². The minimum absolute atomic E-state index is 0.499. The van der Waals surface area contributed by atoms with Crippen molar-refractivity contribution in [3.8, 4) is 11.1 Å². The molecule has 70 valence electrons. The molecule has 0 saturated carbocycles. The Morgan fingerprint density at radius 3 is 2.36 bits per heavy atom. The maximum atomic E-state index is 5.57. The van der Waals surface area contributed by atoms with Gasteiger partial charge in [0.05, 0.1) is 0 Å². The van der Waals surface area contributed by atoms with Crippen LogP contribution in [-0.2, 0) is 0 Å². The van der Waals surface area contributed by atoms with E-state index < -0.39 is 0 Å². The highest BCUT2D eigenvalue weighted by Gasteiger charge is 1.98. The Morgan fingerprint density at radius 1 is 0.857 bits per heavy atom. The van der Waals surface area contributed by atoms with E-state index in [4.69, 9.17) is 11.5 Å². The maximum absolute atomic E-state index is 5.57. The Hall–Kier alpha value is -2.10. The fourth-order valence-corrected chi connectivity index (χ4v) is 1.20. The summed E-state index contributed by atoms with van der Waals surface area (Å²) in [6, 6.07) is 7.33. The summed E-state index contributed by atoms with van der Waals surface area (Å²) in [4.78, 5) is 7.92. The van der Waals surface area contributed by atoms with Gasteiger partial charge in [0.1, 0.15) is 11.6 Å². The molecule has 0 aliphatic carbocycles. The molecule has 4 nitrogen and oxygen atoms in total. The Morgan fingerprint density at radius 2 is 1.71 bits per heavy atom. The van der Waals surface area contributed by atoms with Gasteiger partial charge in [-0.3, -0.25) is 0 Å². The predicted molar refractivity (Wildman–Crippen MR) is 56.3 cm³/mol. The number of aromatic nitrogens is 2. The molecule has 14 heavy (non-hydrogen) atoms. The fraction of sp³-hybridized carbons (Fsp3) is 0. The van der Waals surface area contributed by atoms with Crippen LogP contribution in [0.3, 0.4) is 0 Å². The van der Waals surface area contributed by atoms with Crippen molar-refractivity contribution in [1.82, 2.24) is 9.97 Å². The second-order valence-electron chi connectivity index (χ2n) is 2.94. The van der Waals surface area contributed by atoms with Crippen LogP contribution in [0.1, 0.15) is 0 Å². The number of nitrogen functional groups attached to an aromatic ring is 2. The van der Waals surface area contributed by atoms with Gasteiger partial charge in [-0.1, -0.05) is 0 Å². The molecule has 0 unspecified atom stereocenters. The number of nitrogens with two attached hydrogens (primary N) is 2. The molecule has 2 rings (SSSR count). The first-order chi connectivity index (χ1) is 6.75. The molecule has 0 fully saturated rings. The topological polar surface area (TPSA) is 77.8 Å². The summed E-state index contributed by atoms with van der Waals surface area (Å²) in [6.45, 7) is 0. The number of anilines is 2. The molecule has 0 bridgehead atoms. The Labute approximate surface area is 81.6 Å². The average Bonchev–Trinajstić information content (AvgIpc) is 2.19. The van der Waals surface area contributed by atoms with Gasteiger partial charge in [-0.05, 0) is 29.8 Å². The second kappa shape index (κ2) is 3.33. The normalized spacial score (nSPS) is 10.0. The van der Waals surface area contributed by atoms with Crippen molar-refractivity contribution in [2.75, 3.05) is 11.5 Å². The van der Waals surface area contributed by atoms with Crippen LogP contribution in [-0.4, -0.2) is 9.97 Å². The number of nitrogens with zero attached hydrogens (tertiary/aromatic N) is 2. The van der Waals surface area contributed by atoms with Crippen molar-refractivity contribution in [3.05, 3.63) is 36.7 Å². The van der Waals surface area contributed by atoms with E-state index in [-0.39, 0.29) is 0 Å². The molecule has 0 radical (unpaired) electrons. The molecule has 4 heteroatoms. The maximum Gasteiger partial charge on any atom is 0.123 e. The molecule has 0 aromatic carbocycles. The van der Waals surface area contributed by atoms with Crippen LogP contribution >= 0.6 is 0 Å². The van der Waals surface area contributed by atoms with Crippen LogP contribution in [0.5, 0.6) is 0 Å². The van der Waals surface area contributed by atoms with Gasteiger partial charge in [-0.2, -0.15) is 0 Å². The summed E-state index contributed by atoms with van der Waals surface area (Å²) in [5.41, 5.74) is 13.0. The van der Waals surface area contributed by atoms with Crippen LogP contribution in [0.25, 0.3) is 11.1 Å². The molecule has 2 aromatic heterocycles. The van der Waals surface area contributed by atoms with Crippen molar-refractivity contribution in [2.45, 2.75) is 0 Å². The zero-order valence-electron chi connectivity index (χ0n) is 7.51. The number of rotatable bonds is 1. The third-order valence-electron chi connectivity index (χ3n) is 1.90. The van der Waals surface area contributed by atoms with E-state index in [1.165, 1.54) is 0 Å². The zero-order valence-corrected chi connectivity index (χ0v) is 7.51. The molecule has 0 spiro atoms. The highest BCUT2D eigenvalue weighted by Crippen LogP contribution is 2.19. The van der Waals surface area contributed by atoms with Crippen LogP contribution < -0.4 is 11.5 Å². The minimum atomic E-state index is 0.499. The predicted octanol–water partition coefficient (Wildman–Crippen LogP) is 1.31. The van der Waals surface area contributed by atoms with Gasteiger partial charge < -0.3 is 11.5 Å². The van der Waals surface area contributed by atoms with Crippen LogP contribution in [0.15, 0.2) is 36.7 Å². The van der Waals surface area contributed by atoms with Crippen molar-refractivity contribution in [3.63, 3.8) is 0 Å². The van der Waals surface area contributed by atoms with Gasteiger partial charge in [0.15, 0.2) is 0 Å². The summed E-state index contributed by atoms with van der Waals surface area (Å²) < 4.78 is 0. The van der Waals surface area contributed by atoms with Crippen LogP contribution in [0.2, 0.25) is 0 Å². The number of hydrogen-bond donors (Lipinski definition) is 2. The molecule has 0 aliphatic rings. The molecule has 0 amide bonds. The third kappa shape index (κ3) is 1.64. The van der Waals surface area contributed by atoms with Gasteiger partial charge in [-0.15, -0.1) is 0 Å². The third-order valence-corrected chi connectivity index (χ3v) is 1.90. The van der Waals surface area contributed by atoms with Crippen molar-refractivity contribution in [1.29, 1.82) is 0 Å². The van der Waals surface area contributed by atoms with E-state index >= 15 is 0 Å². The first-order valence-electron chi connectivity index (χ1n) is 4.19. The lowest BCUT2D eigenvalue weighted by molar-refractivity contribution is 1.31. The SMILES string of the molecule is Nc1ccc(-c2ccnc(N)c2)cn1. The summed E-state index contributed by atoms with van der Waals surface area (Å²) in [5, 5.41) is 0. The summed E-state index contributed by atoms with van der Waals surface area (Å²) >= 11 is 0. The Kier molecular flexibility index (Phi) is 2.02. The smallest absolute Gasteiger partial charge is 0.123 e. The van der Waals surface area contributed by atoms with E-state index in [2.05, 4.69) is 9.97 Å². The molecule has 4 N–H and O–H groups in total. The van der Waals surface area contributed by atoms with Crippen molar-refractivity contribution in [2.24, 2.45) is 0 Å². The quantitative estimate of drug-likeness (QED) is 0.703. The van der Waals surface area contributed by atoms with Crippen LogP contribution in [0, 0.1) is 0 Å². The first-order valence-corrected chi connectivity index (χ1v) is 4.19. The molecule has 2 heterocycles. The van der Waals surface area contributed by atoms with Gasteiger partial charge in [0.2, 0.25) is 0 Å². The average molecular weight is 186 g/mol. The van der Waals surface area contributed by atoms with Gasteiger partial charge in [-0.25, -0.2) is 9.97 Å². The first kappa shape index (κ1) is 8.50. The van der Waals surface area contributed by atoms with Gasteiger partial charge in [0.25, 0.3) is 0 Å². The van der Waals surface area contributed by atoms with E-state index in [0.717, 1.165) is 11.1 Å². The van der Waals surface area contributed by atoms with E-state index in [0.29, 0.717) is 11.6 Å². The van der Waals surface area contributed by atoms with E-state index in [1.807, 2.05) is 12.1 Å².